The highest BCUT2D eigenvalue weighted by Crippen LogP contribution is 2.26. The Balaban J connectivity index is 1.34. The van der Waals surface area contributed by atoms with Crippen LogP contribution in [0.4, 0.5) is 17.1 Å². The van der Waals surface area contributed by atoms with Crippen LogP contribution in [0.15, 0.2) is 66.7 Å². The molecule has 0 aliphatic carbocycles. The van der Waals surface area contributed by atoms with E-state index in [2.05, 4.69) is 10.2 Å². The summed E-state index contributed by atoms with van der Waals surface area (Å²) in [6, 6.07) is 18.3. The van der Waals surface area contributed by atoms with E-state index in [1.54, 1.807) is 43.5 Å². The summed E-state index contributed by atoms with van der Waals surface area (Å²) in [4.78, 5) is 39.7. The third kappa shape index (κ3) is 5.52. The number of rotatable bonds is 6. The number of carbonyl (C=O) groups is 2. The molecular formula is C25H23ClN4O5. The molecule has 0 bridgehead atoms. The van der Waals surface area contributed by atoms with Crippen molar-refractivity contribution in [1.82, 2.24) is 4.90 Å². The molecule has 10 heteroatoms. The first-order chi connectivity index (χ1) is 16.9. The summed E-state index contributed by atoms with van der Waals surface area (Å²) in [5.41, 5.74) is 1.99. The zero-order valence-corrected chi connectivity index (χ0v) is 19.7. The Kier molecular flexibility index (Phi) is 7.17. The quantitative estimate of drug-likeness (QED) is 0.400. The van der Waals surface area contributed by atoms with Crippen LogP contribution in [0.5, 0.6) is 5.75 Å². The van der Waals surface area contributed by atoms with Crippen molar-refractivity contribution in [3.63, 3.8) is 0 Å². The highest BCUT2D eigenvalue weighted by Gasteiger charge is 2.22. The van der Waals surface area contributed by atoms with Gasteiger partial charge in [-0.1, -0.05) is 11.6 Å². The lowest BCUT2D eigenvalue weighted by Crippen LogP contribution is -2.48. The number of anilines is 2. The Bertz CT molecular complexity index is 1240. The lowest BCUT2D eigenvalue weighted by molar-refractivity contribution is -0.384. The molecule has 1 saturated heterocycles. The van der Waals surface area contributed by atoms with Gasteiger partial charge >= 0.3 is 0 Å². The highest BCUT2D eigenvalue weighted by molar-refractivity contribution is 6.32. The molecule has 1 fully saturated rings. The van der Waals surface area contributed by atoms with Crippen molar-refractivity contribution in [2.75, 3.05) is 43.5 Å². The second kappa shape index (κ2) is 10.4. The third-order valence-corrected chi connectivity index (χ3v) is 6.12. The Morgan fingerprint density at radius 1 is 0.943 bits per heavy atom. The molecule has 3 aromatic carbocycles. The standard InChI is InChI=1S/C25H23ClN4O5/c1-35-21-9-2-17(3-10-21)25(32)29-14-12-28(13-15-29)20-7-5-19(6-8-20)27-24(31)18-4-11-22(26)23(16-18)30(33)34/h2-11,16H,12-15H2,1H3,(H,27,31). The Labute approximate surface area is 207 Å². The summed E-state index contributed by atoms with van der Waals surface area (Å²) in [7, 11) is 1.59. The molecule has 180 valence electrons. The van der Waals surface area contributed by atoms with Crippen LogP contribution in [0.3, 0.4) is 0 Å². The predicted octanol–water partition coefficient (Wildman–Crippen LogP) is 4.47. The first-order valence-electron chi connectivity index (χ1n) is 10.9. The van der Waals surface area contributed by atoms with E-state index in [0.717, 1.165) is 11.8 Å². The van der Waals surface area contributed by atoms with Gasteiger partial charge in [0.2, 0.25) is 0 Å². The average Bonchev–Trinajstić information content (AvgIpc) is 2.89. The molecule has 9 nitrogen and oxygen atoms in total. The topological polar surface area (TPSA) is 105 Å². The number of nitro benzene ring substituents is 1. The fraction of sp³-hybridized carbons (Fsp3) is 0.200. The van der Waals surface area contributed by atoms with Gasteiger partial charge in [-0.05, 0) is 60.7 Å². The molecule has 1 N–H and O–H groups in total. The summed E-state index contributed by atoms with van der Waals surface area (Å²) >= 11 is 5.81. The van der Waals surface area contributed by atoms with Gasteiger partial charge in [0.05, 0.1) is 12.0 Å². The molecule has 35 heavy (non-hydrogen) atoms. The second-order valence-corrected chi connectivity index (χ2v) is 8.34. The van der Waals surface area contributed by atoms with Crippen LogP contribution in [0.1, 0.15) is 20.7 Å². The van der Waals surface area contributed by atoms with E-state index in [4.69, 9.17) is 16.3 Å². The minimum atomic E-state index is -0.627. The fourth-order valence-corrected chi connectivity index (χ4v) is 4.02. The minimum Gasteiger partial charge on any atom is -0.497 e. The van der Waals surface area contributed by atoms with Gasteiger partial charge in [0.1, 0.15) is 10.8 Å². The molecule has 0 unspecified atom stereocenters. The number of nitro groups is 1. The number of hydrogen-bond donors (Lipinski definition) is 1. The molecule has 1 aliphatic heterocycles. The van der Waals surface area contributed by atoms with Gasteiger partial charge in [0, 0.05) is 54.7 Å². The number of methoxy groups -OCH3 is 1. The number of halogens is 1. The summed E-state index contributed by atoms with van der Waals surface area (Å²) in [6.45, 7) is 2.56. The SMILES string of the molecule is COc1ccc(C(=O)N2CCN(c3ccc(NC(=O)c4ccc(Cl)c([N+](=O)[O-])c4)cc3)CC2)cc1. The fourth-order valence-electron chi connectivity index (χ4n) is 3.84. The van der Waals surface area contributed by atoms with Crippen LogP contribution in [-0.4, -0.2) is 54.9 Å². The Morgan fingerprint density at radius 2 is 1.57 bits per heavy atom. The number of nitrogens with zero attached hydrogens (tertiary/aromatic N) is 3. The van der Waals surface area contributed by atoms with Crippen molar-refractivity contribution in [2.45, 2.75) is 0 Å². The second-order valence-electron chi connectivity index (χ2n) is 7.93. The summed E-state index contributed by atoms with van der Waals surface area (Å²) < 4.78 is 5.14. The highest BCUT2D eigenvalue weighted by atomic mass is 35.5. The van der Waals surface area contributed by atoms with Crippen molar-refractivity contribution in [3.8, 4) is 5.75 Å². The van der Waals surface area contributed by atoms with Gasteiger partial charge in [0.25, 0.3) is 17.5 Å². The van der Waals surface area contributed by atoms with E-state index >= 15 is 0 Å². The van der Waals surface area contributed by atoms with E-state index in [9.17, 15) is 19.7 Å². The summed E-state index contributed by atoms with van der Waals surface area (Å²) in [6.07, 6.45) is 0. The Morgan fingerprint density at radius 3 is 2.17 bits per heavy atom. The normalized spacial score (nSPS) is 13.3. The zero-order chi connectivity index (χ0) is 24.9. The average molecular weight is 495 g/mol. The van der Waals surface area contributed by atoms with Crippen LogP contribution in [0.2, 0.25) is 5.02 Å². The summed E-state index contributed by atoms with van der Waals surface area (Å²) in [5, 5.41) is 13.8. The molecule has 3 aromatic rings. The maximum atomic E-state index is 12.8. The van der Waals surface area contributed by atoms with Gasteiger partial charge < -0.3 is 19.9 Å². The molecular weight excluding hydrogens is 472 g/mol. The van der Waals surface area contributed by atoms with Crippen molar-refractivity contribution in [3.05, 3.63) is 93.0 Å². The van der Waals surface area contributed by atoms with Gasteiger partial charge in [0.15, 0.2) is 0 Å². The maximum absolute atomic E-state index is 12.8. The van der Waals surface area contributed by atoms with E-state index in [1.165, 1.54) is 12.1 Å². The van der Waals surface area contributed by atoms with Crippen molar-refractivity contribution in [1.29, 1.82) is 0 Å². The molecule has 0 saturated carbocycles. The van der Waals surface area contributed by atoms with Crippen molar-refractivity contribution < 1.29 is 19.2 Å². The number of ether oxygens (including phenoxy) is 1. The van der Waals surface area contributed by atoms with Crippen molar-refractivity contribution in [2.24, 2.45) is 0 Å². The van der Waals surface area contributed by atoms with Crippen molar-refractivity contribution >= 4 is 40.5 Å². The molecule has 0 spiro atoms. The molecule has 0 radical (unpaired) electrons. The number of benzene rings is 3. The number of amides is 2. The molecule has 0 aromatic heterocycles. The van der Waals surface area contributed by atoms with E-state index in [0.29, 0.717) is 43.2 Å². The molecule has 1 aliphatic rings. The number of carbonyl (C=O) groups excluding carboxylic acids is 2. The zero-order valence-electron chi connectivity index (χ0n) is 18.9. The third-order valence-electron chi connectivity index (χ3n) is 5.80. The van der Waals surface area contributed by atoms with Gasteiger partial charge in [-0.3, -0.25) is 19.7 Å². The van der Waals surface area contributed by atoms with E-state index in [1.807, 2.05) is 17.0 Å². The van der Waals surface area contributed by atoms with Gasteiger partial charge in [-0.25, -0.2) is 0 Å². The van der Waals surface area contributed by atoms with Crippen LogP contribution < -0.4 is 15.0 Å². The molecule has 4 rings (SSSR count). The minimum absolute atomic E-state index is 0.00667. The van der Waals surface area contributed by atoms with E-state index < -0.39 is 10.8 Å². The van der Waals surface area contributed by atoms with Crippen LogP contribution in [-0.2, 0) is 0 Å². The van der Waals surface area contributed by atoms with Crippen LogP contribution in [0.25, 0.3) is 0 Å². The van der Waals surface area contributed by atoms with Crippen LogP contribution >= 0.6 is 11.6 Å². The smallest absolute Gasteiger partial charge is 0.288 e. The molecule has 0 atom stereocenters. The number of nitrogens with one attached hydrogen (secondary N) is 1. The first-order valence-corrected chi connectivity index (χ1v) is 11.3. The van der Waals surface area contributed by atoms with Gasteiger partial charge in [-0.2, -0.15) is 0 Å². The number of hydrogen-bond acceptors (Lipinski definition) is 6. The number of piperazine rings is 1. The largest absolute Gasteiger partial charge is 0.497 e. The molecule has 1 heterocycles. The lowest BCUT2D eigenvalue weighted by Gasteiger charge is -2.36. The van der Waals surface area contributed by atoms with Gasteiger partial charge in [-0.15, -0.1) is 0 Å². The van der Waals surface area contributed by atoms with E-state index in [-0.39, 0.29) is 22.2 Å². The predicted molar refractivity (Wildman–Crippen MR) is 134 cm³/mol. The van der Waals surface area contributed by atoms with Crippen LogP contribution in [0, 0.1) is 10.1 Å². The lowest BCUT2D eigenvalue weighted by atomic mass is 10.1. The summed E-state index contributed by atoms with van der Waals surface area (Å²) in [5.74, 6) is 0.233. The Hall–Kier alpha value is -4.11. The first kappa shape index (κ1) is 24.0. The maximum Gasteiger partial charge on any atom is 0.288 e. The monoisotopic (exact) mass is 494 g/mol. The molecule has 2 amide bonds.